The van der Waals surface area contributed by atoms with Crippen LogP contribution >= 0.6 is 0 Å². The molecule has 0 amide bonds. The van der Waals surface area contributed by atoms with Crippen molar-refractivity contribution in [2.24, 2.45) is 0 Å². The first kappa shape index (κ1) is 39.5. The predicted octanol–water partition coefficient (Wildman–Crippen LogP) is 14.7. The molecule has 330 valence electrons. The summed E-state index contributed by atoms with van der Waals surface area (Å²) in [4.78, 5) is 5.32. The van der Waals surface area contributed by atoms with Crippen molar-refractivity contribution in [1.82, 2.24) is 4.57 Å². The lowest BCUT2D eigenvalue weighted by Gasteiger charge is -2.50. The lowest BCUT2D eigenvalue weighted by atomic mass is 9.33. The third-order valence-corrected chi connectivity index (χ3v) is 17.1. The molecule has 2 unspecified atom stereocenters. The summed E-state index contributed by atoms with van der Waals surface area (Å²) in [5.41, 5.74) is 21.3. The van der Waals surface area contributed by atoms with Gasteiger partial charge in [0.25, 0.3) is 6.71 Å². The molecule has 4 aliphatic rings. The van der Waals surface area contributed by atoms with Crippen molar-refractivity contribution < 1.29 is 8.83 Å². The summed E-state index contributed by atoms with van der Waals surface area (Å²) in [7, 11) is 0. The fourth-order valence-electron chi connectivity index (χ4n) is 13.4. The second-order valence-corrected chi connectivity index (χ2v) is 22.9. The molecule has 7 aromatic carbocycles. The van der Waals surface area contributed by atoms with Crippen molar-refractivity contribution in [3.05, 3.63) is 150 Å². The summed E-state index contributed by atoms with van der Waals surface area (Å²) in [6.45, 7) is 21.4. The van der Waals surface area contributed by atoms with Crippen LogP contribution in [0.15, 0.2) is 136 Å². The van der Waals surface area contributed by atoms with Crippen LogP contribution < -0.4 is 26.2 Å². The molecule has 6 heteroatoms. The molecule has 1 fully saturated rings. The molecule has 10 aromatic rings. The van der Waals surface area contributed by atoms with Crippen LogP contribution in [0.4, 0.5) is 28.4 Å². The van der Waals surface area contributed by atoms with Crippen molar-refractivity contribution in [2.75, 3.05) is 9.80 Å². The molecule has 0 bridgehead atoms. The smallest absolute Gasteiger partial charge is 0.252 e. The Hall–Kier alpha value is -6.66. The normalized spacial score (nSPS) is 19.8. The Labute approximate surface area is 393 Å². The van der Waals surface area contributed by atoms with Gasteiger partial charge >= 0.3 is 0 Å². The van der Waals surface area contributed by atoms with Gasteiger partial charge in [-0.25, -0.2) is 0 Å². The largest absolute Gasteiger partial charge is 0.454 e. The number of fused-ring (bicyclic) bond motifs is 15. The molecule has 6 heterocycles. The summed E-state index contributed by atoms with van der Waals surface area (Å²) in [6, 6.07) is 48.5. The number of hydrogen-bond donors (Lipinski definition) is 0. The zero-order valence-corrected chi connectivity index (χ0v) is 40.2. The molecule has 0 radical (unpaired) electrons. The number of hydrogen-bond acceptors (Lipinski definition) is 4. The average Bonchev–Trinajstić information content (AvgIpc) is 4.02. The van der Waals surface area contributed by atoms with E-state index in [1.165, 1.54) is 103 Å². The van der Waals surface area contributed by atoms with Crippen LogP contribution in [0, 0.1) is 6.92 Å². The SMILES string of the molecule is Cc1cc2c3c(c1)-n1c4oc5ccccc5c4c4cc(C(C)(C)C)cc(c41)B3c1ccc(N3c4ccc(C(C)(C)C)cc4C4(C)CCCCC34C)cc1N2c1cccc2c1oc1ccccc12. The first-order valence-electron chi connectivity index (χ1n) is 24.6. The molecule has 0 saturated heterocycles. The number of aryl methyl sites for hydroxylation is 1. The van der Waals surface area contributed by atoms with E-state index in [1.807, 2.05) is 0 Å². The molecular formula is C61H56BN3O2. The second-order valence-electron chi connectivity index (χ2n) is 22.9. The number of rotatable bonds is 2. The topological polar surface area (TPSA) is 37.7 Å². The van der Waals surface area contributed by atoms with E-state index in [4.69, 9.17) is 8.83 Å². The van der Waals surface area contributed by atoms with Crippen LogP contribution in [-0.2, 0) is 16.2 Å². The quantitative estimate of drug-likeness (QED) is 0.162. The lowest BCUT2D eigenvalue weighted by Crippen LogP contribution is -2.60. The minimum atomic E-state index is -0.103. The Morgan fingerprint density at radius 1 is 0.567 bits per heavy atom. The van der Waals surface area contributed by atoms with Crippen LogP contribution in [0.3, 0.4) is 0 Å². The fourth-order valence-corrected chi connectivity index (χ4v) is 13.4. The molecule has 0 N–H and O–H groups in total. The average molecular weight is 874 g/mol. The van der Waals surface area contributed by atoms with Gasteiger partial charge in [0.2, 0.25) is 5.71 Å². The first-order chi connectivity index (χ1) is 32.1. The van der Waals surface area contributed by atoms with E-state index in [2.05, 4.69) is 204 Å². The highest BCUT2D eigenvalue weighted by molar-refractivity contribution is 7.00. The van der Waals surface area contributed by atoms with Crippen molar-refractivity contribution in [2.45, 2.75) is 110 Å². The van der Waals surface area contributed by atoms with Gasteiger partial charge < -0.3 is 18.6 Å². The van der Waals surface area contributed by atoms with E-state index in [0.29, 0.717) is 0 Å². The van der Waals surface area contributed by atoms with Crippen LogP contribution in [0.2, 0.25) is 0 Å². The van der Waals surface area contributed by atoms with Gasteiger partial charge in [0, 0.05) is 55.4 Å². The van der Waals surface area contributed by atoms with E-state index < -0.39 is 0 Å². The summed E-state index contributed by atoms with van der Waals surface area (Å²) in [5.74, 6) is 0. The highest BCUT2D eigenvalue weighted by Gasteiger charge is 2.58. The van der Waals surface area contributed by atoms with Gasteiger partial charge in [-0.1, -0.05) is 134 Å². The maximum Gasteiger partial charge on any atom is 0.252 e. The summed E-state index contributed by atoms with van der Waals surface area (Å²) >= 11 is 0. The second kappa shape index (κ2) is 12.9. The molecule has 14 rings (SSSR count). The summed E-state index contributed by atoms with van der Waals surface area (Å²) in [6.07, 6.45) is 4.80. The number of para-hydroxylation sites is 3. The van der Waals surface area contributed by atoms with Crippen molar-refractivity contribution in [3.63, 3.8) is 0 Å². The van der Waals surface area contributed by atoms with Crippen LogP contribution in [0.5, 0.6) is 0 Å². The third kappa shape index (κ3) is 5.01. The summed E-state index contributed by atoms with van der Waals surface area (Å²) in [5, 5.41) is 5.87. The zero-order valence-electron chi connectivity index (χ0n) is 40.2. The summed E-state index contributed by atoms with van der Waals surface area (Å²) < 4.78 is 16.4. The van der Waals surface area contributed by atoms with E-state index in [-0.39, 0.29) is 28.5 Å². The van der Waals surface area contributed by atoms with Gasteiger partial charge in [-0.2, -0.15) is 0 Å². The van der Waals surface area contributed by atoms with Gasteiger partial charge in [0.1, 0.15) is 11.2 Å². The minimum Gasteiger partial charge on any atom is -0.454 e. The predicted molar refractivity (Wildman–Crippen MR) is 282 cm³/mol. The fraction of sp³-hybridized carbons (Fsp3) is 0.279. The van der Waals surface area contributed by atoms with Crippen LogP contribution in [-0.4, -0.2) is 16.8 Å². The number of benzene rings is 7. The Balaban J connectivity index is 1.10. The Kier molecular flexibility index (Phi) is 7.58. The minimum absolute atomic E-state index is 0.00474. The standard InChI is InChI=1S/C61H56BN3O2/c1-35-29-49-54-50(30-35)64-55-42(53-41-18-11-13-22-52(41)67-57(53)64)31-37(59(5,6)7)33-45(55)62(54)44-25-24-38(34-48(44)63(49)47-20-16-19-40-39-17-10-12-21-51(39)66-56(40)47)65-46-26-23-36(58(2,3)4)32-43(46)60(8)27-14-15-28-61(60,65)9/h10-13,16-26,29-34H,14-15,27-28H2,1-9H3. The van der Waals surface area contributed by atoms with Crippen LogP contribution in [0.1, 0.15) is 103 Å². The van der Waals surface area contributed by atoms with E-state index >= 15 is 0 Å². The maximum atomic E-state index is 6.99. The van der Waals surface area contributed by atoms with Gasteiger partial charge in [-0.3, -0.25) is 4.57 Å². The van der Waals surface area contributed by atoms with Gasteiger partial charge in [0.05, 0.1) is 22.1 Å². The Morgan fingerprint density at radius 2 is 1.28 bits per heavy atom. The van der Waals surface area contributed by atoms with E-state index in [0.717, 1.165) is 50.7 Å². The van der Waals surface area contributed by atoms with Gasteiger partial charge in [-0.15, -0.1) is 0 Å². The number of furan rings is 2. The number of aromatic nitrogens is 1. The molecule has 0 spiro atoms. The van der Waals surface area contributed by atoms with Crippen molar-refractivity contribution in [3.8, 4) is 5.69 Å². The number of nitrogens with zero attached hydrogens (tertiary/aromatic N) is 3. The molecule has 3 aliphatic heterocycles. The lowest BCUT2D eigenvalue weighted by molar-refractivity contribution is 0.195. The zero-order chi connectivity index (χ0) is 45.7. The molecule has 1 saturated carbocycles. The molecule has 1 aliphatic carbocycles. The van der Waals surface area contributed by atoms with Gasteiger partial charge in [-0.05, 0) is 131 Å². The molecule has 3 aromatic heterocycles. The highest BCUT2D eigenvalue weighted by atomic mass is 16.3. The van der Waals surface area contributed by atoms with E-state index in [1.54, 1.807) is 0 Å². The molecule has 2 atom stereocenters. The molecular weight excluding hydrogens is 818 g/mol. The molecule has 5 nitrogen and oxygen atoms in total. The molecule has 67 heavy (non-hydrogen) atoms. The van der Waals surface area contributed by atoms with Crippen molar-refractivity contribution in [1.29, 1.82) is 0 Å². The Morgan fingerprint density at radius 3 is 2.07 bits per heavy atom. The first-order valence-corrected chi connectivity index (χ1v) is 24.6. The monoisotopic (exact) mass is 873 g/mol. The maximum absolute atomic E-state index is 6.99. The number of anilines is 5. The highest BCUT2D eigenvalue weighted by Crippen LogP contribution is 2.62. The third-order valence-electron chi connectivity index (χ3n) is 17.1. The van der Waals surface area contributed by atoms with Crippen molar-refractivity contribution >= 4 is 106 Å². The van der Waals surface area contributed by atoms with Crippen LogP contribution in [0.25, 0.3) is 60.6 Å². The Bertz CT molecular complexity index is 3810. The van der Waals surface area contributed by atoms with Gasteiger partial charge in [0.15, 0.2) is 5.58 Å². The van der Waals surface area contributed by atoms with E-state index in [9.17, 15) is 0 Å².